The summed E-state index contributed by atoms with van der Waals surface area (Å²) < 4.78 is 115. The summed E-state index contributed by atoms with van der Waals surface area (Å²) in [6.07, 6.45) is 7.94. The van der Waals surface area contributed by atoms with E-state index in [-0.39, 0.29) is 96.1 Å². The molecule has 88 heavy (non-hydrogen) atoms. The van der Waals surface area contributed by atoms with Crippen LogP contribution in [0.2, 0.25) is 10.0 Å². The first-order chi connectivity index (χ1) is 41.1. The van der Waals surface area contributed by atoms with E-state index in [4.69, 9.17) is 46.9 Å². The molecule has 0 aromatic heterocycles. The molecule has 2 aliphatic heterocycles. The number of halogens is 5. The second kappa shape index (κ2) is 30.5. The molecule has 2 saturated heterocycles. The Labute approximate surface area is 530 Å². The van der Waals surface area contributed by atoms with Crippen LogP contribution < -0.4 is 23.4 Å². The number of amides is 1. The minimum absolute atomic E-state index is 0. The van der Waals surface area contributed by atoms with E-state index >= 15 is 0 Å². The molecule has 4 unspecified atom stereocenters. The van der Waals surface area contributed by atoms with Gasteiger partial charge < -0.3 is 29.0 Å². The van der Waals surface area contributed by atoms with Crippen molar-refractivity contribution in [2.45, 2.75) is 168 Å². The smallest absolute Gasteiger partial charge is 0.411 e. The fourth-order valence-electron chi connectivity index (χ4n) is 11.2. The summed E-state index contributed by atoms with van der Waals surface area (Å²) in [5, 5.41) is 0.582. The molecule has 4 atom stereocenters. The predicted molar refractivity (Wildman–Crippen MR) is 335 cm³/mol. The van der Waals surface area contributed by atoms with Crippen molar-refractivity contribution in [2.75, 3.05) is 34.9 Å². The van der Waals surface area contributed by atoms with Crippen LogP contribution in [0.5, 0.6) is 11.5 Å². The molecule has 25 heteroatoms. The van der Waals surface area contributed by atoms with Gasteiger partial charge in [-0.15, -0.1) is 12.4 Å². The summed E-state index contributed by atoms with van der Waals surface area (Å²) >= 11 is 12.8. The number of carbonyl (C=O) groups excluding carboxylic acids is 5. The highest BCUT2D eigenvalue weighted by Crippen LogP contribution is 2.40. The molecule has 8 rings (SSSR count). The van der Waals surface area contributed by atoms with Crippen LogP contribution in [0.25, 0.3) is 0 Å². The fraction of sp³-hybridized carbons (Fsp3) is 0.476. The zero-order valence-electron chi connectivity index (χ0n) is 50.8. The molecule has 1 N–H and O–H groups in total. The normalized spacial score (nSPS) is 18.5. The van der Waals surface area contributed by atoms with Gasteiger partial charge in [0.25, 0.3) is 0 Å². The van der Waals surface area contributed by atoms with Gasteiger partial charge in [0.2, 0.25) is 20.0 Å². The molecule has 2 fully saturated rings. The average molecular weight is 1320 g/mol. The van der Waals surface area contributed by atoms with E-state index in [2.05, 4.69) is 5.32 Å². The zero-order valence-corrected chi connectivity index (χ0v) is 54.8. The third kappa shape index (κ3) is 17.1. The van der Waals surface area contributed by atoms with Crippen LogP contribution in [0.15, 0.2) is 84.0 Å². The number of rotatable bonds is 18. The third-order valence-electron chi connectivity index (χ3n) is 15.1. The maximum absolute atomic E-state index is 14.4. The summed E-state index contributed by atoms with van der Waals surface area (Å²) in [5.74, 6) is -2.83. The number of allylic oxidation sites excluding steroid dienone is 2. The topological polar surface area (TPSA) is 222 Å². The second-order valence-corrected chi connectivity index (χ2v) is 27.7. The van der Waals surface area contributed by atoms with Crippen LogP contribution in [0.4, 0.5) is 25.0 Å². The molecule has 0 bridgehead atoms. The van der Waals surface area contributed by atoms with Crippen LogP contribution >= 0.6 is 35.6 Å². The first kappa shape index (κ1) is 70.8. The second-order valence-electron chi connectivity index (χ2n) is 22.8. The number of likely N-dealkylation sites (tertiary alicyclic amines) is 1. The summed E-state index contributed by atoms with van der Waals surface area (Å²) in [5.41, 5.74) is 3.16. The molecule has 0 spiro atoms. The van der Waals surface area contributed by atoms with Gasteiger partial charge in [-0.3, -0.25) is 13.5 Å². The van der Waals surface area contributed by atoms with Gasteiger partial charge in [-0.2, -0.15) is 0 Å². The standard InChI is InChI=1S/C34H42ClFN2O8S.C29H34ClFN2O6S.ClH/c1-7-44-31(39)25-11-8-9-13-29(25)47(42,43)38(27-15-14-24(36)19-26(27)35)20-23-17-21(2)30(22(3)18-23)45-32(40)28-12-10-16-37(28)33(41)46-34(4,5)6;1-4-38-28(34)22-8-5-6-10-26(22)40(36,37)33(25-12-11-21(31)16-23(25)30)17-20-14-18(2)27(19(3)15-20)39-29(35)24-9-7-13-32-24;/h11,14-15,17-19,28-29H,7-10,12-13,16,20H2,1-6H3;8,11-12,14-16,24,26,32H,4-7,9-10,13,17H2,1-3H3;1H. The molecule has 0 saturated carbocycles. The van der Waals surface area contributed by atoms with Gasteiger partial charge >= 0.3 is 30.0 Å². The van der Waals surface area contributed by atoms with E-state index in [1.165, 1.54) is 17.0 Å². The van der Waals surface area contributed by atoms with Crippen molar-refractivity contribution in [1.29, 1.82) is 0 Å². The first-order valence-electron chi connectivity index (χ1n) is 29.1. The van der Waals surface area contributed by atoms with Crippen molar-refractivity contribution in [3.8, 4) is 11.5 Å². The van der Waals surface area contributed by atoms with Crippen LogP contribution in [0.3, 0.4) is 0 Å². The van der Waals surface area contributed by atoms with Gasteiger partial charge in [0.05, 0.1) is 58.9 Å². The van der Waals surface area contributed by atoms with Gasteiger partial charge in [0, 0.05) is 6.54 Å². The molecular weight excluding hydrogens is 1250 g/mol. The summed E-state index contributed by atoms with van der Waals surface area (Å²) in [7, 11) is -8.52. The van der Waals surface area contributed by atoms with Gasteiger partial charge in [-0.05, 0) is 203 Å². The number of hydrogen-bond acceptors (Lipinski definition) is 15. The van der Waals surface area contributed by atoms with Crippen molar-refractivity contribution in [3.63, 3.8) is 0 Å². The number of sulfonamides is 2. The number of carbonyl (C=O) groups is 5. The van der Waals surface area contributed by atoms with Gasteiger partial charge in [-0.1, -0.05) is 59.6 Å². The molecule has 0 radical (unpaired) electrons. The minimum Gasteiger partial charge on any atom is -0.463 e. The monoisotopic (exact) mass is 1320 g/mol. The predicted octanol–water partition coefficient (Wildman–Crippen LogP) is 12.3. The lowest BCUT2D eigenvalue weighted by molar-refractivity contribution is -0.140. The SMILES string of the molecule is CCOC(=O)C1=CCCCC1S(=O)(=O)N(Cc1cc(C)c(OC(=O)C2CCCN2)c(C)c1)c1ccc(F)cc1Cl.CCOC(=O)C1=CCCCC1S(=O)(=O)N(Cc1cc(C)c(OC(=O)C2CCCN2C(=O)OC(C)(C)C)c(C)c1)c1ccc(F)cc1Cl.Cl. The number of ether oxygens (including phenoxy) is 5. The van der Waals surface area contributed by atoms with E-state index in [1.54, 1.807) is 98.7 Å². The van der Waals surface area contributed by atoms with Gasteiger partial charge in [0.1, 0.15) is 51.3 Å². The Morgan fingerprint density at radius 3 is 1.44 bits per heavy atom. The fourth-order valence-corrected chi connectivity index (χ4v) is 15.9. The largest absolute Gasteiger partial charge is 0.463 e. The molecule has 2 heterocycles. The number of esters is 4. The van der Waals surface area contributed by atoms with E-state index < -0.39 is 77.8 Å². The van der Waals surface area contributed by atoms with Crippen molar-refractivity contribution in [1.82, 2.24) is 10.2 Å². The molecule has 4 aromatic carbocycles. The average Bonchev–Trinajstić information content (AvgIpc) is 2.25. The van der Waals surface area contributed by atoms with Gasteiger partial charge in [0.15, 0.2) is 0 Å². The van der Waals surface area contributed by atoms with Gasteiger partial charge in [-0.25, -0.2) is 49.6 Å². The van der Waals surface area contributed by atoms with Crippen molar-refractivity contribution in [3.05, 3.63) is 139 Å². The summed E-state index contributed by atoms with van der Waals surface area (Å²) in [6, 6.07) is 12.7. The molecule has 1 amide bonds. The molecular formula is C63H77Cl3F2N4O14S2. The quantitative estimate of drug-likeness (QED) is 0.0556. The highest BCUT2D eigenvalue weighted by Gasteiger charge is 2.43. The number of aryl methyl sites for hydroxylation is 4. The van der Waals surface area contributed by atoms with Crippen LogP contribution in [0.1, 0.15) is 132 Å². The number of nitrogens with one attached hydrogen (secondary N) is 1. The lowest BCUT2D eigenvalue weighted by Gasteiger charge is -2.32. The number of hydrogen-bond donors (Lipinski definition) is 1. The first-order valence-corrected chi connectivity index (χ1v) is 32.9. The van der Waals surface area contributed by atoms with E-state index in [1.807, 2.05) is 0 Å². The molecule has 4 aliphatic rings. The molecule has 18 nitrogen and oxygen atoms in total. The Balaban J connectivity index is 0.000000281. The third-order valence-corrected chi connectivity index (χ3v) is 20.0. The van der Waals surface area contributed by atoms with E-state index in [9.17, 15) is 49.6 Å². The van der Waals surface area contributed by atoms with Crippen molar-refractivity contribution in [2.24, 2.45) is 0 Å². The number of anilines is 2. The molecule has 2 aliphatic carbocycles. The lowest BCUT2D eigenvalue weighted by atomic mass is 9.99. The Bertz CT molecular complexity index is 3510. The number of benzene rings is 4. The summed E-state index contributed by atoms with van der Waals surface area (Å²) in [4.78, 5) is 65.5. The van der Waals surface area contributed by atoms with E-state index in [0.29, 0.717) is 96.4 Å². The molecule has 480 valence electrons. The Kier molecular flexibility index (Phi) is 24.5. The maximum Gasteiger partial charge on any atom is 0.411 e. The molecule has 4 aromatic rings. The van der Waals surface area contributed by atoms with Crippen LogP contribution in [-0.2, 0) is 66.5 Å². The lowest BCUT2D eigenvalue weighted by Crippen LogP contribution is -2.44. The Hall–Kier alpha value is -6.30. The summed E-state index contributed by atoms with van der Waals surface area (Å²) in [6.45, 7) is 16.6. The highest BCUT2D eigenvalue weighted by molar-refractivity contribution is 7.94. The number of nitrogens with zero attached hydrogens (tertiary/aromatic N) is 3. The van der Waals surface area contributed by atoms with Crippen molar-refractivity contribution < 1.29 is 73.3 Å². The van der Waals surface area contributed by atoms with Crippen LogP contribution in [-0.4, -0.2) is 106 Å². The maximum atomic E-state index is 14.4. The van der Waals surface area contributed by atoms with E-state index in [0.717, 1.165) is 45.8 Å². The van der Waals surface area contributed by atoms with Crippen LogP contribution in [0, 0.1) is 39.3 Å². The highest BCUT2D eigenvalue weighted by atomic mass is 35.5. The Morgan fingerprint density at radius 1 is 0.625 bits per heavy atom. The van der Waals surface area contributed by atoms with Crippen molar-refractivity contribution >= 4 is 97.0 Å². The Morgan fingerprint density at radius 2 is 1.06 bits per heavy atom. The minimum atomic E-state index is -4.29. The zero-order chi connectivity index (χ0) is 63.7.